The Labute approximate surface area is 250 Å². The molecule has 0 spiro atoms. The third-order valence-electron chi connectivity index (χ3n) is 11.1. The number of nitrogens with one attached hydrogen (secondary N) is 2. The van der Waals surface area contributed by atoms with Crippen LogP contribution >= 0.6 is 0 Å². The van der Waals surface area contributed by atoms with Crippen LogP contribution in [-0.4, -0.2) is 81.2 Å². The largest absolute Gasteiger partial charge is 0.363 e. The van der Waals surface area contributed by atoms with Crippen LogP contribution in [0.4, 0.5) is 0 Å². The summed E-state index contributed by atoms with van der Waals surface area (Å²) in [4.78, 5) is 49.4. The van der Waals surface area contributed by atoms with Crippen molar-refractivity contribution in [2.75, 3.05) is 20.1 Å². The fourth-order valence-electron chi connectivity index (χ4n) is 9.12. The summed E-state index contributed by atoms with van der Waals surface area (Å²) in [5, 5.41) is 16.4. The van der Waals surface area contributed by atoms with E-state index in [-0.39, 0.29) is 23.7 Å². The molecule has 9 nitrogen and oxygen atoms in total. The average molecular weight is 583 g/mol. The van der Waals surface area contributed by atoms with Gasteiger partial charge in [0.2, 0.25) is 17.5 Å². The number of nitrogens with zero attached hydrogens (tertiary/aromatic N) is 2. The summed E-state index contributed by atoms with van der Waals surface area (Å²) in [6, 6.07) is 15.6. The van der Waals surface area contributed by atoms with E-state index in [1.54, 1.807) is 11.8 Å². The van der Waals surface area contributed by atoms with Gasteiger partial charge in [-0.05, 0) is 68.8 Å². The number of amides is 2. The fourth-order valence-corrected chi connectivity index (χ4v) is 9.12. The normalized spacial score (nSPS) is 36.9. The van der Waals surface area contributed by atoms with Crippen LogP contribution in [0.1, 0.15) is 48.8 Å². The Hall–Kier alpha value is -3.53. The van der Waals surface area contributed by atoms with Crippen molar-refractivity contribution in [1.29, 1.82) is 0 Å². The summed E-state index contributed by atoms with van der Waals surface area (Å²) in [7, 11) is 2.07. The van der Waals surface area contributed by atoms with Crippen LogP contribution in [0.15, 0.2) is 54.7 Å². The number of carbonyl (C=O) groups is 3. The standard InChI is InChI=1S/C34H38N4O5/c1-33(36-31(40)21-15-23-22-10-6-11-25-28(22)20(17-35-25)16-26(23)37(2)18-21)30(39)29-24(14-19-8-4-3-5-9-19)32(41)38-13-7-12-27(38)34(29,42)43-33/h3-6,8-11,17,21,23-24,26-27,29,35,42H,7,12-16,18H2,1-2H3,(H,36,40)/t21-,23?,24-,26-,27+,29?,33-,34?/m1/s1. The highest BCUT2D eigenvalue weighted by Gasteiger charge is 2.71. The van der Waals surface area contributed by atoms with Crippen LogP contribution in [0.25, 0.3) is 10.9 Å². The van der Waals surface area contributed by atoms with E-state index in [4.69, 9.17) is 4.74 Å². The van der Waals surface area contributed by atoms with Crippen LogP contribution in [0.3, 0.4) is 0 Å². The van der Waals surface area contributed by atoms with Crippen molar-refractivity contribution < 1.29 is 24.2 Å². The molecule has 2 aromatic carbocycles. The van der Waals surface area contributed by atoms with Crippen LogP contribution in [-0.2, 0) is 32.0 Å². The van der Waals surface area contributed by atoms with Crippen molar-refractivity contribution in [3.05, 3.63) is 71.4 Å². The highest BCUT2D eigenvalue weighted by molar-refractivity contribution is 6.00. The van der Waals surface area contributed by atoms with Gasteiger partial charge in [-0.25, -0.2) is 0 Å². The number of Topliss-reactive ketones (excluding diaryl/α,β-unsaturated/α-hetero) is 1. The van der Waals surface area contributed by atoms with Crippen molar-refractivity contribution in [2.24, 2.45) is 17.8 Å². The molecule has 2 amide bonds. The Kier molecular flexibility index (Phi) is 5.97. The molecule has 5 heterocycles. The first-order chi connectivity index (χ1) is 20.7. The van der Waals surface area contributed by atoms with Crippen LogP contribution in [0, 0.1) is 17.8 Å². The molecule has 1 aliphatic carbocycles. The van der Waals surface area contributed by atoms with Gasteiger partial charge in [0.15, 0.2) is 11.6 Å². The minimum absolute atomic E-state index is 0.121. The van der Waals surface area contributed by atoms with Gasteiger partial charge in [0.25, 0.3) is 0 Å². The van der Waals surface area contributed by atoms with E-state index in [1.807, 2.05) is 30.3 Å². The summed E-state index contributed by atoms with van der Waals surface area (Å²) in [5.41, 5.74) is 2.88. The number of aromatic nitrogens is 1. The average Bonchev–Trinajstić information content (AvgIpc) is 3.70. The van der Waals surface area contributed by atoms with E-state index < -0.39 is 35.2 Å². The number of rotatable bonds is 4. The molecule has 0 bridgehead atoms. The first-order valence-electron chi connectivity index (χ1n) is 15.6. The molecule has 8 atom stereocenters. The van der Waals surface area contributed by atoms with Gasteiger partial charge < -0.3 is 29.9 Å². The lowest BCUT2D eigenvalue weighted by molar-refractivity contribution is -0.281. The summed E-state index contributed by atoms with van der Waals surface area (Å²) >= 11 is 0. The minimum atomic E-state index is -1.86. The molecule has 9 heteroatoms. The van der Waals surface area contributed by atoms with Crippen molar-refractivity contribution in [1.82, 2.24) is 20.1 Å². The highest BCUT2D eigenvalue weighted by Crippen LogP contribution is 2.52. The van der Waals surface area contributed by atoms with Crippen LogP contribution in [0.2, 0.25) is 0 Å². The monoisotopic (exact) mass is 582 g/mol. The summed E-state index contributed by atoms with van der Waals surface area (Å²) in [6.07, 6.45) is 5.29. The van der Waals surface area contributed by atoms with Gasteiger partial charge in [0.1, 0.15) is 0 Å². The molecule has 5 aliphatic rings. The number of ketones is 1. The molecule has 43 heavy (non-hydrogen) atoms. The Morgan fingerprint density at radius 1 is 1.16 bits per heavy atom. The zero-order valence-corrected chi connectivity index (χ0v) is 24.6. The number of H-pyrrole nitrogens is 1. The smallest absolute Gasteiger partial charge is 0.227 e. The Morgan fingerprint density at radius 3 is 2.79 bits per heavy atom. The lowest BCUT2D eigenvalue weighted by Gasteiger charge is -2.47. The fraction of sp³-hybridized carbons (Fsp3) is 0.500. The second-order valence-corrected chi connectivity index (χ2v) is 13.5. The second kappa shape index (κ2) is 9.48. The molecule has 4 fully saturated rings. The lowest BCUT2D eigenvalue weighted by Crippen LogP contribution is -2.64. The predicted molar refractivity (Wildman–Crippen MR) is 159 cm³/mol. The summed E-state index contributed by atoms with van der Waals surface area (Å²) < 4.78 is 6.32. The molecule has 8 rings (SSSR count). The van der Waals surface area contributed by atoms with Gasteiger partial charge in [0, 0.05) is 42.1 Å². The number of piperidine rings is 2. The third kappa shape index (κ3) is 3.90. The first kappa shape index (κ1) is 27.0. The van der Waals surface area contributed by atoms with Gasteiger partial charge >= 0.3 is 0 Å². The second-order valence-electron chi connectivity index (χ2n) is 13.5. The summed E-state index contributed by atoms with van der Waals surface area (Å²) in [6.45, 7) is 2.64. The third-order valence-corrected chi connectivity index (χ3v) is 11.1. The molecule has 3 aromatic rings. The number of hydrogen-bond acceptors (Lipinski definition) is 6. The Balaban J connectivity index is 1.08. The minimum Gasteiger partial charge on any atom is -0.363 e. The number of aromatic amines is 1. The summed E-state index contributed by atoms with van der Waals surface area (Å²) in [5.74, 6) is -4.68. The number of benzene rings is 2. The van der Waals surface area contributed by atoms with Gasteiger partial charge in [-0.1, -0.05) is 42.5 Å². The first-order valence-corrected chi connectivity index (χ1v) is 15.6. The van der Waals surface area contributed by atoms with E-state index in [2.05, 4.69) is 46.6 Å². The molecular weight excluding hydrogens is 544 g/mol. The van der Waals surface area contributed by atoms with E-state index in [0.717, 1.165) is 23.9 Å². The number of likely N-dealkylation sites (tertiary alicyclic amines) is 1. The number of aliphatic hydroxyl groups is 1. The van der Waals surface area contributed by atoms with Gasteiger partial charge in [-0.15, -0.1) is 0 Å². The predicted octanol–water partition coefficient (Wildman–Crippen LogP) is 2.73. The maximum Gasteiger partial charge on any atom is 0.227 e. The van der Waals surface area contributed by atoms with Crippen LogP contribution in [0.5, 0.6) is 0 Å². The van der Waals surface area contributed by atoms with Gasteiger partial charge in [-0.3, -0.25) is 14.4 Å². The zero-order valence-electron chi connectivity index (χ0n) is 24.6. The molecule has 224 valence electrons. The molecule has 3 unspecified atom stereocenters. The topological polar surface area (TPSA) is 115 Å². The van der Waals surface area contributed by atoms with Gasteiger partial charge in [-0.2, -0.15) is 0 Å². The van der Waals surface area contributed by atoms with Crippen molar-refractivity contribution in [3.63, 3.8) is 0 Å². The van der Waals surface area contributed by atoms with Crippen LogP contribution < -0.4 is 5.32 Å². The molecular formula is C34H38N4O5. The lowest BCUT2D eigenvalue weighted by atomic mass is 9.71. The molecule has 0 radical (unpaired) electrons. The van der Waals surface area contributed by atoms with Crippen molar-refractivity contribution >= 4 is 28.5 Å². The van der Waals surface area contributed by atoms with E-state index in [9.17, 15) is 19.5 Å². The van der Waals surface area contributed by atoms with Crippen molar-refractivity contribution in [3.8, 4) is 0 Å². The number of ether oxygens (including phenoxy) is 1. The molecule has 4 saturated heterocycles. The SMILES string of the molecule is CN1C[C@H](C(=O)N[C@]2(C)OC3(O)C(C2=O)[C@@H](Cc2ccccc2)C(=O)N2CCC[C@H]23)CC2c3cccc4[nH]cc(c34)C[C@H]21. The Morgan fingerprint density at radius 2 is 1.98 bits per heavy atom. The molecule has 3 N–H and O–H groups in total. The molecule has 4 aliphatic heterocycles. The maximum absolute atomic E-state index is 14.3. The number of carbonyl (C=O) groups excluding carboxylic acids is 3. The number of fused-ring (bicyclic) bond motifs is 5. The van der Waals surface area contributed by atoms with E-state index in [1.165, 1.54) is 16.5 Å². The quantitative estimate of drug-likeness (QED) is 0.436. The van der Waals surface area contributed by atoms with E-state index >= 15 is 0 Å². The van der Waals surface area contributed by atoms with E-state index in [0.29, 0.717) is 38.4 Å². The highest BCUT2D eigenvalue weighted by atomic mass is 16.7. The maximum atomic E-state index is 14.3. The molecule has 0 saturated carbocycles. The van der Waals surface area contributed by atoms with Gasteiger partial charge in [0.05, 0.1) is 23.8 Å². The zero-order chi connectivity index (χ0) is 29.7. The number of hydrogen-bond donors (Lipinski definition) is 3. The Bertz CT molecular complexity index is 1640. The molecule has 1 aromatic heterocycles. The number of likely N-dealkylation sites (N-methyl/N-ethyl adjacent to an activating group) is 1. The van der Waals surface area contributed by atoms with Crippen molar-refractivity contribution in [2.45, 2.75) is 68.5 Å².